The molecule has 2 atom stereocenters. The third-order valence-electron chi connectivity index (χ3n) is 3.82. The van der Waals surface area contributed by atoms with E-state index in [1.807, 2.05) is 13.8 Å². The van der Waals surface area contributed by atoms with Crippen LogP contribution in [0.2, 0.25) is 0 Å². The van der Waals surface area contributed by atoms with Crippen molar-refractivity contribution in [3.63, 3.8) is 0 Å². The number of aromatic nitrogens is 2. The van der Waals surface area contributed by atoms with Gasteiger partial charge in [0.25, 0.3) is 5.91 Å². The highest BCUT2D eigenvalue weighted by Gasteiger charge is 2.26. The van der Waals surface area contributed by atoms with E-state index in [0.717, 1.165) is 12.0 Å². The molecule has 2 rings (SSSR count). The fraction of sp³-hybridized carbons (Fsp3) is 0.412. The molecule has 0 saturated carbocycles. The summed E-state index contributed by atoms with van der Waals surface area (Å²) in [6, 6.07) is 6.19. The Bertz CT molecular complexity index is 685. The van der Waals surface area contributed by atoms with Crippen LogP contribution in [-0.2, 0) is 14.3 Å². The van der Waals surface area contributed by atoms with Gasteiger partial charge in [-0.05, 0) is 30.2 Å². The Morgan fingerprint density at radius 2 is 2.00 bits per heavy atom. The van der Waals surface area contributed by atoms with Crippen LogP contribution in [0.25, 0.3) is 11.5 Å². The van der Waals surface area contributed by atoms with Gasteiger partial charge in [-0.3, -0.25) is 4.79 Å². The summed E-state index contributed by atoms with van der Waals surface area (Å²) in [6.45, 7) is 3.61. The van der Waals surface area contributed by atoms with Crippen molar-refractivity contribution in [1.29, 1.82) is 0 Å². The number of benzene rings is 1. The topological polar surface area (TPSA) is 104 Å². The van der Waals surface area contributed by atoms with Gasteiger partial charge in [0.15, 0.2) is 6.61 Å². The number of carbonyl (C=O) groups is 2. The molecular formula is C17H21N3O5. The SMILES string of the molecule is CC[C@H](C)[C@H](NC(=O)COc1ccc(-c2nnco2)cc1)C(=O)OC. The van der Waals surface area contributed by atoms with Crippen LogP contribution in [0.15, 0.2) is 35.1 Å². The molecule has 0 fully saturated rings. The number of esters is 1. The Balaban J connectivity index is 1.89. The lowest BCUT2D eigenvalue weighted by Crippen LogP contribution is -2.47. The summed E-state index contributed by atoms with van der Waals surface area (Å²) in [5.74, 6) is 0.0173. The van der Waals surface area contributed by atoms with E-state index in [1.54, 1.807) is 24.3 Å². The molecule has 1 N–H and O–H groups in total. The second-order valence-electron chi connectivity index (χ2n) is 5.51. The summed E-state index contributed by atoms with van der Waals surface area (Å²) in [6.07, 6.45) is 1.98. The lowest BCUT2D eigenvalue weighted by Gasteiger charge is -2.21. The van der Waals surface area contributed by atoms with Gasteiger partial charge in [0.1, 0.15) is 11.8 Å². The van der Waals surface area contributed by atoms with E-state index >= 15 is 0 Å². The van der Waals surface area contributed by atoms with Crippen LogP contribution in [0, 0.1) is 5.92 Å². The van der Waals surface area contributed by atoms with Gasteiger partial charge in [0.05, 0.1) is 7.11 Å². The zero-order valence-corrected chi connectivity index (χ0v) is 14.4. The van der Waals surface area contributed by atoms with Crippen molar-refractivity contribution in [1.82, 2.24) is 15.5 Å². The molecule has 8 heteroatoms. The lowest BCUT2D eigenvalue weighted by molar-refractivity contribution is -0.146. The molecule has 2 aromatic rings. The maximum atomic E-state index is 12.0. The van der Waals surface area contributed by atoms with Crippen LogP contribution < -0.4 is 10.1 Å². The van der Waals surface area contributed by atoms with E-state index < -0.39 is 17.9 Å². The third kappa shape index (κ3) is 5.03. The summed E-state index contributed by atoms with van der Waals surface area (Å²) < 4.78 is 15.3. The molecule has 0 aliphatic heterocycles. The second-order valence-corrected chi connectivity index (χ2v) is 5.51. The minimum atomic E-state index is -0.689. The first-order valence-electron chi connectivity index (χ1n) is 7.91. The van der Waals surface area contributed by atoms with Crippen molar-refractivity contribution < 1.29 is 23.5 Å². The Morgan fingerprint density at radius 3 is 2.56 bits per heavy atom. The molecule has 0 bridgehead atoms. The zero-order valence-electron chi connectivity index (χ0n) is 14.4. The third-order valence-corrected chi connectivity index (χ3v) is 3.82. The van der Waals surface area contributed by atoms with Crippen molar-refractivity contribution in [2.75, 3.05) is 13.7 Å². The van der Waals surface area contributed by atoms with E-state index in [1.165, 1.54) is 13.5 Å². The van der Waals surface area contributed by atoms with Crippen molar-refractivity contribution in [3.8, 4) is 17.2 Å². The molecule has 1 aromatic heterocycles. The van der Waals surface area contributed by atoms with Crippen LogP contribution in [0.1, 0.15) is 20.3 Å². The van der Waals surface area contributed by atoms with Crippen LogP contribution in [-0.4, -0.2) is 41.8 Å². The number of hydrogen-bond donors (Lipinski definition) is 1. The highest BCUT2D eigenvalue weighted by molar-refractivity contribution is 5.85. The number of hydrogen-bond acceptors (Lipinski definition) is 7. The highest BCUT2D eigenvalue weighted by atomic mass is 16.5. The van der Waals surface area contributed by atoms with Gasteiger partial charge in [0, 0.05) is 5.56 Å². The van der Waals surface area contributed by atoms with Crippen molar-refractivity contribution >= 4 is 11.9 Å². The maximum Gasteiger partial charge on any atom is 0.328 e. The number of methoxy groups -OCH3 is 1. The van der Waals surface area contributed by atoms with Gasteiger partial charge in [-0.15, -0.1) is 10.2 Å². The smallest absolute Gasteiger partial charge is 0.328 e. The molecule has 0 radical (unpaired) electrons. The molecule has 8 nitrogen and oxygen atoms in total. The number of rotatable bonds is 8. The Morgan fingerprint density at radius 1 is 1.28 bits per heavy atom. The molecule has 134 valence electrons. The van der Waals surface area contributed by atoms with E-state index in [-0.39, 0.29) is 12.5 Å². The number of amides is 1. The van der Waals surface area contributed by atoms with Crippen LogP contribution >= 0.6 is 0 Å². The average Bonchev–Trinajstić information content (AvgIpc) is 3.18. The molecule has 25 heavy (non-hydrogen) atoms. The number of nitrogens with one attached hydrogen (secondary N) is 1. The summed E-state index contributed by atoms with van der Waals surface area (Å²) in [5, 5.41) is 10.1. The Hall–Kier alpha value is -2.90. The minimum Gasteiger partial charge on any atom is -0.484 e. The summed E-state index contributed by atoms with van der Waals surface area (Å²) in [5.41, 5.74) is 0.747. The standard InChI is InChI=1S/C17H21N3O5/c1-4-11(2)15(17(22)23-3)19-14(21)9-24-13-7-5-12(6-8-13)16-20-18-10-25-16/h5-8,10-11,15H,4,9H2,1-3H3,(H,19,21)/t11-,15-/m0/s1. The quantitative estimate of drug-likeness (QED) is 0.726. The fourth-order valence-electron chi connectivity index (χ4n) is 2.15. The largest absolute Gasteiger partial charge is 0.484 e. The first-order valence-corrected chi connectivity index (χ1v) is 7.91. The fourth-order valence-corrected chi connectivity index (χ4v) is 2.15. The molecular weight excluding hydrogens is 326 g/mol. The molecule has 0 aliphatic carbocycles. The Kier molecular flexibility index (Phi) is 6.50. The van der Waals surface area contributed by atoms with E-state index in [0.29, 0.717) is 11.6 Å². The summed E-state index contributed by atoms with van der Waals surface area (Å²) in [7, 11) is 1.30. The van der Waals surface area contributed by atoms with Crippen LogP contribution in [0.5, 0.6) is 5.75 Å². The first kappa shape index (κ1) is 18.4. The van der Waals surface area contributed by atoms with Gasteiger partial charge in [-0.2, -0.15) is 0 Å². The van der Waals surface area contributed by atoms with Gasteiger partial charge in [-0.25, -0.2) is 4.79 Å². The van der Waals surface area contributed by atoms with Crippen molar-refractivity contribution in [2.24, 2.45) is 5.92 Å². The molecule has 0 aliphatic rings. The summed E-state index contributed by atoms with van der Waals surface area (Å²) in [4.78, 5) is 23.8. The molecule has 0 spiro atoms. The van der Waals surface area contributed by atoms with Gasteiger partial charge >= 0.3 is 5.97 Å². The lowest BCUT2D eigenvalue weighted by atomic mass is 9.99. The highest BCUT2D eigenvalue weighted by Crippen LogP contribution is 2.20. The van der Waals surface area contributed by atoms with Gasteiger partial charge in [-0.1, -0.05) is 20.3 Å². The predicted molar refractivity (Wildman–Crippen MR) is 88.6 cm³/mol. The van der Waals surface area contributed by atoms with Crippen molar-refractivity contribution in [2.45, 2.75) is 26.3 Å². The summed E-state index contributed by atoms with van der Waals surface area (Å²) >= 11 is 0. The van der Waals surface area contributed by atoms with E-state index in [9.17, 15) is 9.59 Å². The van der Waals surface area contributed by atoms with Crippen LogP contribution in [0.4, 0.5) is 0 Å². The predicted octanol–water partition coefficient (Wildman–Crippen LogP) is 1.82. The normalized spacial score (nSPS) is 12.9. The molecule has 0 unspecified atom stereocenters. The second kappa shape index (κ2) is 8.81. The Labute approximate surface area is 145 Å². The zero-order chi connectivity index (χ0) is 18.2. The average molecular weight is 347 g/mol. The van der Waals surface area contributed by atoms with E-state index in [4.69, 9.17) is 13.9 Å². The number of carbonyl (C=O) groups excluding carboxylic acids is 2. The maximum absolute atomic E-state index is 12.0. The molecule has 1 heterocycles. The molecule has 1 aromatic carbocycles. The van der Waals surface area contributed by atoms with Crippen LogP contribution in [0.3, 0.4) is 0 Å². The van der Waals surface area contributed by atoms with Gasteiger partial charge < -0.3 is 19.2 Å². The van der Waals surface area contributed by atoms with Crippen molar-refractivity contribution in [3.05, 3.63) is 30.7 Å². The molecule has 1 amide bonds. The van der Waals surface area contributed by atoms with Gasteiger partial charge in [0.2, 0.25) is 12.3 Å². The number of ether oxygens (including phenoxy) is 2. The minimum absolute atomic E-state index is 0.0370. The number of nitrogens with zero attached hydrogens (tertiary/aromatic N) is 2. The monoisotopic (exact) mass is 347 g/mol. The van der Waals surface area contributed by atoms with E-state index in [2.05, 4.69) is 15.5 Å². The first-order chi connectivity index (χ1) is 12.0. The molecule has 0 saturated heterocycles.